The van der Waals surface area contributed by atoms with Crippen molar-refractivity contribution in [2.24, 2.45) is 5.92 Å². The summed E-state index contributed by atoms with van der Waals surface area (Å²) in [6.07, 6.45) is 4.74. The molecule has 3 atom stereocenters. The van der Waals surface area contributed by atoms with Gasteiger partial charge in [0.15, 0.2) is 0 Å². The van der Waals surface area contributed by atoms with Gasteiger partial charge >= 0.3 is 0 Å². The lowest BCUT2D eigenvalue weighted by molar-refractivity contribution is -0.136. The fraction of sp³-hybridized carbons (Fsp3) is 0.688. The van der Waals surface area contributed by atoms with E-state index in [1.54, 1.807) is 11.3 Å². The molecular formula is C16H24N2OS. The highest BCUT2D eigenvalue weighted by Gasteiger charge is 2.50. The van der Waals surface area contributed by atoms with Gasteiger partial charge in [-0.05, 0) is 61.4 Å². The van der Waals surface area contributed by atoms with Crippen LogP contribution < -0.4 is 5.32 Å². The monoisotopic (exact) mass is 292 g/mol. The molecule has 3 unspecified atom stereocenters. The molecule has 110 valence electrons. The molecule has 4 heteroatoms. The summed E-state index contributed by atoms with van der Waals surface area (Å²) in [7, 11) is 0. The topological polar surface area (TPSA) is 32.3 Å². The summed E-state index contributed by atoms with van der Waals surface area (Å²) in [5.41, 5.74) is 0.816. The molecule has 2 fully saturated rings. The van der Waals surface area contributed by atoms with Gasteiger partial charge in [-0.1, -0.05) is 13.3 Å². The number of hydrogen-bond donors (Lipinski definition) is 1. The van der Waals surface area contributed by atoms with Gasteiger partial charge in [0.05, 0.1) is 5.54 Å². The SMILES string of the molecule is CCC1(C)NC(c2ccsc2)N(C(C)C2CCC2)C1=O. The Morgan fingerprint density at radius 1 is 1.55 bits per heavy atom. The number of hydrogen-bond acceptors (Lipinski definition) is 3. The average molecular weight is 292 g/mol. The van der Waals surface area contributed by atoms with Gasteiger partial charge in [-0.3, -0.25) is 10.1 Å². The lowest BCUT2D eigenvalue weighted by Gasteiger charge is -2.39. The summed E-state index contributed by atoms with van der Waals surface area (Å²) in [5, 5.41) is 7.84. The maximum atomic E-state index is 12.9. The van der Waals surface area contributed by atoms with Crippen LogP contribution in [-0.2, 0) is 4.79 Å². The first kappa shape index (κ1) is 14.1. The van der Waals surface area contributed by atoms with E-state index in [0.717, 1.165) is 6.42 Å². The van der Waals surface area contributed by atoms with Gasteiger partial charge in [0.2, 0.25) is 5.91 Å². The van der Waals surface area contributed by atoms with Crippen molar-refractivity contribution in [3.8, 4) is 0 Å². The second-order valence-electron chi connectivity index (χ2n) is 6.43. The van der Waals surface area contributed by atoms with Crippen LogP contribution in [0.4, 0.5) is 0 Å². The molecular weight excluding hydrogens is 268 g/mol. The maximum absolute atomic E-state index is 12.9. The predicted octanol–water partition coefficient (Wildman–Crippen LogP) is 3.54. The average Bonchev–Trinajstić information content (AvgIpc) is 2.96. The molecule has 20 heavy (non-hydrogen) atoms. The van der Waals surface area contributed by atoms with Crippen LogP contribution in [0.3, 0.4) is 0 Å². The van der Waals surface area contributed by atoms with Gasteiger partial charge in [0.1, 0.15) is 6.17 Å². The summed E-state index contributed by atoms with van der Waals surface area (Å²) in [5.74, 6) is 0.955. The molecule has 0 spiro atoms. The minimum absolute atomic E-state index is 0.0503. The van der Waals surface area contributed by atoms with Gasteiger partial charge in [-0.2, -0.15) is 11.3 Å². The summed E-state index contributed by atoms with van der Waals surface area (Å²) in [6.45, 7) is 6.36. The van der Waals surface area contributed by atoms with Crippen LogP contribution in [0.1, 0.15) is 58.2 Å². The number of nitrogens with zero attached hydrogens (tertiary/aromatic N) is 1. The van der Waals surface area contributed by atoms with Crippen LogP contribution in [0.25, 0.3) is 0 Å². The first-order valence-electron chi connectivity index (χ1n) is 7.69. The fourth-order valence-corrected chi connectivity index (χ4v) is 4.01. The van der Waals surface area contributed by atoms with Crippen LogP contribution in [0.2, 0.25) is 0 Å². The number of carbonyl (C=O) groups is 1. The van der Waals surface area contributed by atoms with Gasteiger partial charge in [-0.15, -0.1) is 0 Å². The van der Waals surface area contributed by atoms with E-state index >= 15 is 0 Å². The molecule has 1 aromatic heterocycles. The molecule has 2 aliphatic rings. The molecule has 3 rings (SSSR count). The zero-order valence-electron chi connectivity index (χ0n) is 12.6. The van der Waals surface area contributed by atoms with Crippen molar-refractivity contribution in [3.63, 3.8) is 0 Å². The molecule has 1 saturated carbocycles. The zero-order valence-corrected chi connectivity index (χ0v) is 13.4. The largest absolute Gasteiger partial charge is 0.318 e. The molecule has 1 amide bonds. The number of rotatable bonds is 4. The van der Waals surface area contributed by atoms with E-state index in [-0.39, 0.29) is 12.1 Å². The first-order chi connectivity index (χ1) is 9.57. The van der Waals surface area contributed by atoms with Gasteiger partial charge < -0.3 is 4.90 Å². The Hall–Kier alpha value is -0.870. The van der Waals surface area contributed by atoms with E-state index in [4.69, 9.17) is 0 Å². The van der Waals surface area contributed by atoms with E-state index in [2.05, 4.69) is 40.9 Å². The third-order valence-electron chi connectivity index (χ3n) is 5.28. The van der Waals surface area contributed by atoms with Gasteiger partial charge in [0, 0.05) is 6.04 Å². The Balaban J connectivity index is 1.91. The highest BCUT2D eigenvalue weighted by atomic mass is 32.1. The molecule has 1 aromatic rings. The maximum Gasteiger partial charge on any atom is 0.244 e. The lowest BCUT2D eigenvalue weighted by Crippen LogP contribution is -2.47. The van der Waals surface area contributed by atoms with Crippen molar-refractivity contribution in [1.29, 1.82) is 0 Å². The third kappa shape index (κ3) is 2.09. The molecule has 0 radical (unpaired) electrons. The highest BCUT2D eigenvalue weighted by molar-refractivity contribution is 7.07. The van der Waals surface area contributed by atoms with E-state index < -0.39 is 5.54 Å². The normalized spacial score (nSPS) is 32.5. The van der Waals surface area contributed by atoms with Crippen molar-refractivity contribution in [2.75, 3.05) is 0 Å². The van der Waals surface area contributed by atoms with E-state index in [0.29, 0.717) is 12.0 Å². The number of amides is 1. The molecule has 0 aromatic carbocycles. The van der Waals surface area contributed by atoms with Gasteiger partial charge in [0.25, 0.3) is 0 Å². The van der Waals surface area contributed by atoms with E-state index in [1.807, 2.05) is 6.92 Å². The van der Waals surface area contributed by atoms with Crippen LogP contribution in [-0.4, -0.2) is 22.4 Å². The Labute approximate surface area is 125 Å². The lowest BCUT2D eigenvalue weighted by atomic mass is 9.79. The van der Waals surface area contributed by atoms with Crippen LogP contribution >= 0.6 is 11.3 Å². The van der Waals surface area contributed by atoms with E-state index in [9.17, 15) is 4.79 Å². The fourth-order valence-electron chi connectivity index (χ4n) is 3.33. The molecule has 1 aliphatic heterocycles. The Bertz CT molecular complexity index is 483. The second-order valence-corrected chi connectivity index (χ2v) is 7.21. The van der Waals surface area contributed by atoms with Crippen molar-refractivity contribution >= 4 is 17.2 Å². The minimum Gasteiger partial charge on any atom is -0.318 e. The molecule has 3 nitrogen and oxygen atoms in total. The molecule has 1 saturated heterocycles. The molecule has 0 bridgehead atoms. The number of carbonyl (C=O) groups excluding carboxylic acids is 1. The summed E-state index contributed by atoms with van der Waals surface area (Å²) in [6, 6.07) is 2.47. The minimum atomic E-state index is -0.412. The molecule has 1 N–H and O–H groups in total. The predicted molar refractivity (Wildman–Crippen MR) is 82.5 cm³/mol. The van der Waals surface area contributed by atoms with Crippen LogP contribution in [0.5, 0.6) is 0 Å². The van der Waals surface area contributed by atoms with Crippen molar-refractivity contribution in [1.82, 2.24) is 10.2 Å². The van der Waals surface area contributed by atoms with Crippen LogP contribution in [0.15, 0.2) is 16.8 Å². The van der Waals surface area contributed by atoms with Gasteiger partial charge in [-0.25, -0.2) is 0 Å². The smallest absolute Gasteiger partial charge is 0.244 e. The van der Waals surface area contributed by atoms with Crippen LogP contribution in [0, 0.1) is 5.92 Å². The summed E-state index contributed by atoms with van der Waals surface area (Å²) < 4.78 is 0. The van der Waals surface area contributed by atoms with Crippen molar-refractivity contribution in [2.45, 2.75) is 64.2 Å². The summed E-state index contributed by atoms with van der Waals surface area (Å²) >= 11 is 1.70. The Kier molecular flexibility index (Phi) is 3.63. The highest BCUT2D eigenvalue weighted by Crippen LogP contribution is 2.40. The summed E-state index contributed by atoms with van der Waals surface area (Å²) in [4.78, 5) is 15.0. The number of thiophene rings is 1. The van der Waals surface area contributed by atoms with Crippen molar-refractivity contribution < 1.29 is 4.79 Å². The molecule has 2 heterocycles. The third-order valence-corrected chi connectivity index (χ3v) is 5.98. The van der Waals surface area contributed by atoms with Crippen molar-refractivity contribution in [3.05, 3.63) is 22.4 Å². The quantitative estimate of drug-likeness (QED) is 0.920. The Morgan fingerprint density at radius 3 is 2.80 bits per heavy atom. The van der Waals surface area contributed by atoms with E-state index in [1.165, 1.54) is 24.8 Å². The first-order valence-corrected chi connectivity index (χ1v) is 8.63. The standard InChI is InChI=1S/C16H24N2OS/c1-4-16(3)15(19)18(11(2)12-6-5-7-12)14(17-16)13-8-9-20-10-13/h8-12,14,17H,4-7H2,1-3H3. The second kappa shape index (κ2) is 5.15. The Morgan fingerprint density at radius 2 is 2.30 bits per heavy atom. The molecule has 1 aliphatic carbocycles. The zero-order chi connectivity index (χ0) is 14.3. The number of nitrogens with one attached hydrogen (secondary N) is 1.